The summed E-state index contributed by atoms with van der Waals surface area (Å²) in [6.07, 6.45) is 3.20. The van der Waals surface area contributed by atoms with Crippen LogP contribution in [0.1, 0.15) is 52.9 Å². The summed E-state index contributed by atoms with van der Waals surface area (Å²) in [5.74, 6) is -0.846. The molecule has 7 heteroatoms. The lowest BCUT2D eigenvalue weighted by molar-refractivity contribution is -0.148. The second-order valence-corrected chi connectivity index (χ2v) is 7.56. The molecule has 2 fully saturated rings. The molecule has 7 nitrogen and oxygen atoms in total. The first-order chi connectivity index (χ1) is 10.6. The van der Waals surface area contributed by atoms with Gasteiger partial charge in [-0.05, 0) is 33.6 Å². The normalized spacial score (nSPS) is 20.7. The Labute approximate surface area is 137 Å². The molecule has 130 valence electrons. The first-order valence-corrected chi connectivity index (χ1v) is 8.20. The van der Waals surface area contributed by atoms with Crippen molar-refractivity contribution in [3.8, 4) is 0 Å². The third kappa shape index (κ3) is 4.14. The molecule has 1 spiro atoms. The number of carbonyl (C=O) groups is 3. The van der Waals surface area contributed by atoms with E-state index in [-0.39, 0.29) is 24.0 Å². The van der Waals surface area contributed by atoms with Crippen molar-refractivity contribution in [3.63, 3.8) is 0 Å². The van der Waals surface area contributed by atoms with Crippen LogP contribution in [-0.2, 0) is 14.3 Å². The number of nitrogens with two attached hydrogens (primary N) is 1. The number of nitrogens with zero attached hydrogens (tertiary/aromatic N) is 2. The van der Waals surface area contributed by atoms with Gasteiger partial charge in [-0.2, -0.15) is 0 Å². The summed E-state index contributed by atoms with van der Waals surface area (Å²) >= 11 is 0. The number of likely N-dealkylation sites (tertiary alicyclic amines) is 2. The predicted molar refractivity (Wildman–Crippen MR) is 84.5 cm³/mol. The number of amides is 3. The molecule has 0 aromatic rings. The van der Waals surface area contributed by atoms with Gasteiger partial charge in [0.15, 0.2) is 0 Å². The SMILES string of the molecule is CC(C)(C)OC(=O)N1CC2(CCCCCN2C(=O)CC(N)=O)C1. The Kier molecular flexibility index (Phi) is 4.87. The largest absolute Gasteiger partial charge is 0.444 e. The van der Waals surface area contributed by atoms with Crippen molar-refractivity contribution in [3.05, 3.63) is 0 Å². The van der Waals surface area contributed by atoms with Crippen LogP contribution in [0.4, 0.5) is 4.79 Å². The van der Waals surface area contributed by atoms with Gasteiger partial charge >= 0.3 is 6.09 Å². The molecule has 3 amide bonds. The average molecular weight is 325 g/mol. The summed E-state index contributed by atoms with van der Waals surface area (Å²) in [7, 11) is 0. The van der Waals surface area contributed by atoms with Crippen molar-refractivity contribution in [1.29, 1.82) is 0 Å². The maximum absolute atomic E-state index is 12.4. The number of ether oxygens (including phenoxy) is 1. The average Bonchev–Trinajstić information content (AvgIpc) is 2.55. The minimum Gasteiger partial charge on any atom is -0.444 e. The Morgan fingerprint density at radius 1 is 1.13 bits per heavy atom. The van der Waals surface area contributed by atoms with Crippen LogP contribution in [0.5, 0.6) is 0 Å². The molecule has 0 radical (unpaired) electrons. The fourth-order valence-electron chi connectivity index (χ4n) is 3.36. The highest BCUT2D eigenvalue weighted by atomic mass is 16.6. The zero-order chi connectivity index (χ0) is 17.3. The van der Waals surface area contributed by atoms with Crippen LogP contribution < -0.4 is 5.73 Å². The van der Waals surface area contributed by atoms with E-state index in [1.807, 2.05) is 20.8 Å². The van der Waals surface area contributed by atoms with Crippen LogP contribution in [0.3, 0.4) is 0 Å². The van der Waals surface area contributed by atoms with E-state index < -0.39 is 11.5 Å². The molecule has 0 aromatic carbocycles. The lowest BCUT2D eigenvalue weighted by Crippen LogP contribution is -2.72. The zero-order valence-corrected chi connectivity index (χ0v) is 14.3. The van der Waals surface area contributed by atoms with Gasteiger partial charge < -0.3 is 20.3 Å². The third-order valence-corrected chi connectivity index (χ3v) is 4.34. The summed E-state index contributed by atoms with van der Waals surface area (Å²) in [5.41, 5.74) is 4.26. The second kappa shape index (κ2) is 6.37. The Morgan fingerprint density at radius 2 is 1.78 bits per heavy atom. The van der Waals surface area contributed by atoms with Crippen molar-refractivity contribution < 1.29 is 19.1 Å². The van der Waals surface area contributed by atoms with Gasteiger partial charge in [-0.15, -0.1) is 0 Å². The van der Waals surface area contributed by atoms with Crippen LogP contribution in [0.2, 0.25) is 0 Å². The maximum Gasteiger partial charge on any atom is 0.410 e. The fraction of sp³-hybridized carbons (Fsp3) is 0.812. The smallest absolute Gasteiger partial charge is 0.410 e. The summed E-state index contributed by atoms with van der Waals surface area (Å²) < 4.78 is 5.38. The van der Waals surface area contributed by atoms with Crippen molar-refractivity contribution >= 4 is 17.9 Å². The zero-order valence-electron chi connectivity index (χ0n) is 14.3. The summed E-state index contributed by atoms with van der Waals surface area (Å²) in [6, 6.07) is 0. The topological polar surface area (TPSA) is 92.9 Å². The van der Waals surface area contributed by atoms with Gasteiger partial charge in [-0.25, -0.2) is 4.79 Å². The maximum atomic E-state index is 12.4. The molecular formula is C16H27N3O4. The summed E-state index contributed by atoms with van der Waals surface area (Å²) in [5, 5.41) is 0. The molecule has 2 saturated heterocycles. The van der Waals surface area contributed by atoms with E-state index in [9.17, 15) is 14.4 Å². The van der Waals surface area contributed by atoms with Crippen LogP contribution in [-0.4, -0.2) is 58.5 Å². The van der Waals surface area contributed by atoms with Gasteiger partial charge in [0.2, 0.25) is 11.8 Å². The number of primary amides is 1. The van der Waals surface area contributed by atoms with E-state index in [0.717, 1.165) is 25.7 Å². The lowest BCUT2D eigenvalue weighted by atomic mass is 9.83. The highest BCUT2D eigenvalue weighted by Crippen LogP contribution is 2.37. The first-order valence-electron chi connectivity index (χ1n) is 8.20. The van der Waals surface area contributed by atoms with E-state index in [1.54, 1.807) is 9.80 Å². The van der Waals surface area contributed by atoms with Gasteiger partial charge in [0, 0.05) is 19.6 Å². The van der Waals surface area contributed by atoms with Gasteiger partial charge in [0.1, 0.15) is 12.0 Å². The van der Waals surface area contributed by atoms with E-state index in [4.69, 9.17) is 10.5 Å². The summed E-state index contributed by atoms with van der Waals surface area (Å²) in [4.78, 5) is 39.0. The van der Waals surface area contributed by atoms with E-state index in [0.29, 0.717) is 19.6 Å². The molecule has 2 aliphatic rings. The molecule has 0 aliphatic carbocycles. The molecule has 0 atom stereocenters. The molecule has 0 bridgehead atoms. The Morgan fingerprint density at radius 3 is 2.35 bits per heavy atom. The standard InChI is InChI=1S/C16H27N3O4/c1-15(2,3)23-14(22)18-10-16(11-18)7-5-4-6-8-19(16)13(21)9-12(17)20/h4-11H2,1-3H3,(H2,17,20). The Hall–Kier alpha value is -1.79. The molecule has 2 aliphatic heterocycles. The molecule has 0 saturated carbocycles. The van der Waals surface area contributed by atoms with Crippen LogP contribution in [0.25, 0.3) is 0 Å². The summed E-state index contributed by atoms with van der Waals surface area (Å²) in [6.45, 7) is 7.03. The Balaban J connectivity index is 2.05. The van der Waals surface area contributed by atoms with Crippen LogP contribution in [0, 0.1) is 0 Å². The van der Waals surface area contributed by atoms with Crippen molar-refractivity contribution in [2.24, 2.45) is 5.73 Å². The molecule has 0 aromatic heterocycles. The molecular weight excluding hydrogens is 298 g/mol. The van der Waals surface area contributed by atoms with Gasteiger partial charge in [0.05, 0.1) is 5.54 Å². The minimum atomic E-state index is -0.613. The number of hydrogen-bond donors (Lipinski definition) is 1. The highest BCUT2D eigenvalue weighted by Gasteiger charge is 2.52. The van der Waals surface area contributed by atoms with Gasteiger partial charge in [-0.1, -0.05) is 12.8 Å². The third-order valence-electron chi connectivity index (χ3n) is 4.34. The number of carbonyl (C=O) groups excluding carboxylic acids is 3. The first kappa shape index (κ1) is 17.6. The Bertz CT molecular complexity index is 492. The molecule has 2 heterocycles. The van der Waals surface area contributed by atoms with E-state index in [2.05, 4.69) is 0 Å². The van der Waals surface area contributed by atoms with Crippen molar-refractivity contribution in [1.82, 2.24) is 9.80 Å². The number of rotatable bonds is 2. The monoisotopic (exact) mass is 325 g/mol. The lowest BCUT2D eigenvalue weighted by Gasteiger charge is -2.55. The van der Waals surface area contributed by atoms with Crippen LogP contribution >= 0.6 is 0 Å². The fourth-order valence-corrected chi connectivity index (χ4v) is 3.36. The van der Waals surface area contributed by atoms with E-state index in [1.165, 1.54) is 0 Å². The molecule has 2 N–H and O–H groups in total. The van der Waals surface area contributed by atoms with E-state index >= 15 is 0 Å². The van der Waals surface area contributed by atoms with Crippen molar-refractivity contribution in [2.45, 2.75) is 64.0 Å². The minimum absolute atomic E-state index is 0.233. The quantitative estimate of drug-likeness (QED) is 0.773. The van der Waals surface area contributed by atoms with Gasteiger partial charge in [-0.3, -0.25) is 9.59 Å². The predicted octanol–water partition coefficient (Wildman–Crippen LogP) is 1.25. The molecule has 0 unspecified atom stereocenters. The molecule has 2 rings (SSSR count). The number of hydrogen-bond acceptors (Lipinski definition) is 4. The van der Waals surface area contributed by atoms with Gasteiger partial charge in [0.25, 0.3) is 0 Å². The highest BCUT2D eigenvalue weighted by molar-refractivity contribution is 5.96. The van der Waals surface area contributed by atoms with Crippen molar-refractivity contribution in [2.75, 3.05) is 19.6 Å². The van der Waals surface area contributed by atoms with Crippen LogP contribution in [0.15, 0.2) is 0 Å². The second-order valence-electron chi connectivity index (χ2n) is 7.56. The molecule has 23 heavy (non-hydrogen) atoms.